The third kappa shape index (κ3) is 1.75. The van der Waals surface area contributed by atoms with E-state index >= 15 is 0 Å². The molecule has 0 aromatic carbocycles. The van der Waals surface area contributed by atoms with Crippen molar-refractivity contribution in [2.24, 2.45) is 17.6 Å². The Morgan fingerprint density at radius 3 is 2.71 bits per heavy atom. The number of rotatable bonds is 2. The molecule has 1 aliphatic heterocycles. The molecule has 1 aromatic rings. The molecule has 0 radical (unpaired) electrons. The summed E-state index contributed by atoms with van der Waals surface area (Å²) >= 11 is 0. The maximum absolute atomic E-state index is 7.58. The molecule has 17 heavy (non-hydrogen) atoms. The molecule has 1 aromatic heterocycles. The van der Waals surface area contributed by atoms with Crippen molar-refractivity contribution in [1.29, 1.82) is 5.41 Å². The van der Waals surface area contributed by atoms with Crippen LogP contribution in [0.3, 0.4) is 0 Å². The van der Waals surface area contributed by atoms with Crippen LogP contribution in [0.2, 0.25) is 0 Å². The van der Waals surface area contributed by atoms with Gasteiger partial charge >= 0.3 is 0 Å². The lowest BCUT2D eigenvalue weighted by Gasteiger charge is -2.20. The highest BCUT2D eigenvalue weighted by molar-refractivity contribution is 5.99. The van der Waals surface area contributed by atoms with Gasteiger partial charge in [-0.1, -0.05) is 6.42 Å². The van der Waals surface area contributed by atoms with Crippen LogP contribution in [0.25, 0.3) is 0 Å². The lowest BCUT2D eigenvalue weighted by Crippen LogP contribution is -2.26. The van der Waals surface area contributed by atoms with Crippen molar-refractivity contribution in [1.82, 2.24) is 10.2 Å². The van der Waals surface area contributed by atoms with E-state index in [1.54, 1.807) is 12.3 Å². The number of nitrogens with one attached hydrogen (secondary N) is 1. The largest absolute Gasteiger partial charge is 0.384 e. The maximum atomic E-state index is 7.58. The molecular formula is C12H17N5. The van der Waals surface area contributed by atoms with E-state index in [2.05, 4.69) is 15.1 Å². The predicted octanol–water partition coefficient (Wildman–Crippen LogP) is 0.997. The molecule has 2 atom stereocenters. The van der Waals surface area contributed by atoms with Gasteiger partial charge in [-0.05, 0) is 30.7 Å². The number of amidine groups is 1. The van der Waals surface area contributed by atoms with E-state index < -0.39 is 0 Å². The zero-order chi connectivity index (χ0) is 11.8. The zero-order valence-corrected chi connectivity index (χ0v) is 9.76. The monoisotopic (exact) mass is 231 g/mol. The van der Waals surface area contributed by atoms with Gasteiger partial charge in [-0.15, -0.1) is 5.10 Å². The highest BCUT2D eigenvalue weighted by Gasteiger charge is 2.37. The Hall–Kier alpha value is -1.65. The quantitative estimate of drug-likeness (QED) is 0.588. The summed E-state index contributed by atoms with van der Waals surface area (Å²) in [6.07, 6.45) is 5.62. The highest BCUT2D eigenvalue weighted by Crippen LogP contribution is 2.39. The van der Waals surface area contributed by atoms with Gasteiger partial charge in [0, 0.05) is 13.1 Å². The first kappa shape index (κ1) is 10.5. The van der Waals surface area contributed by atoms with Crippen molar-refractivity contribution in [3.05, 3.63) is 17.8 Å². The molecule has 0 amide bonds. The molecule has 1 saturated heterocycles. The normalized spacial score (nSPS) is 27.2. The topological polar surface area (TPSA) is 78.9 Å². The summed E-state index contributed by atoms with van der Waals surface area (Å²) in [5, 5.41) is 15.7. The summed E-state index contributed by atoms with van der Waals surface area (Å²) in [4.78, 5) is 2.25. The van der Waals surface area contributed by atoms with Crippen LogP contribution in [0.15, 0.2) is 12.3 Å². The molecule has 2 heterocycles. The second kappa shape index (κ2) is 3.98. The van der Waals surface area contributed by atoms with Crippen molar-refractivity contribution in [2.75, 3.05) is 18.0 Å². The van der Waals surface area contributed by atoms with Gasteiger partial charge in [-0.25, -0.2) is 0 Å². The summed E-state index contributed by atoms with van der Waals surface area (Å²) in [5.41, 5.74) is 6.30. The Bertz CT molecular complexity index is 432. The minimum atomic E-state index is 0.0759. The Morgan fingerprint density at radius 1 is 1.35 bits per heavy atom. The molecule has 3 N–H and O–H groups in total. The maximum Gasteiger partial charge on any atom is 0.162 e. The van der Waals surface area contributed by atoms with E-state index in [4.69, 9.17) is 11.1 Å². The fourth-order valence-corrected chi connectivity index (χ4v) is 3.18. The second-order valence-electron chi connectivity index (χ2n) is 5.04. The minimum absolute atomic E-state index is 0.0759. The number of hydrogen-bond acceptors (Lipinski definition) is 4. The smallest absolute Gasteiger partial charge is 0.162 e. The standard InChI is InChI=1S/C12H17N5/c13-11(14)10-4-5-15-16-12(10)17-6-8-2-1-3-9(8)7-17/h4-5,8-9H,1-3,6-7H2,(H3,13,14). The third-order valence-corrected chi connectivity index (χ3v) is 4.02. The number of fused-ring (bicyclic) bond motifs is 1. The molecule has 3 rings (SSSR count). The summed E-state index contributed by atoms with van der Waals surface area (Å²) < 4.78 is 0. The summed E-state index contributed by atoms with van der Waals surface area (Å²) in [5.74, 6) is 2.47. The average Bonchev–Trinajstić information content (AvgIpc) is 2.88. The van der Waals surface area contributed by atoms with Gasteiger partial charge in [0.05, 0.1) is 11.8 Å². The number of anilines is 1. The number of hydrogen-bond donors (Lipinski definition) is 2. The fraction of sp³-hybridized carbons (Fsp3) is 0.583. The van der Waals surface area contributed by atoms with Crippen LogP contribution in [-0.4, -0.2) is 29.1 Å². The molecule has 2 aliphatic rings. The summed E-state index contributed by atoms with van der Waals surface area (Å²) in [7, 11) is 0. The number of nitrogens with zero attached hydrogens (tertiary/aromatic N) is 3. The van der Waals surface area contributed by atoms with Gasteiger partial charge in [-0.2, -0.15) is 5.10 Å². The molecule has 0 spiro atoms. The first-order chi connectivity index (χ1) is 8.25. The molecular weight excluding hydrogens is 214 g/mol. The van der Waals surface area contributed by atoms with Crippen LogP contribution in [0.4, 0.5) is 5.82 Å². The lowest BCUT2D eigenvalue weighted by atomic mass is 10.0. The van der Waals surface area contributed by atoms with Gasteiger partial charge in [0.1, 0.15) is 5.84 Å². The van der Waals surface area contributed by atoms with Crippen molar-refractivity contribution < 1.29 is 0 Å². The Labute approximate surface area is 101 Å². The van der Waals surface area contributed by atoms with Crippen LogP contribution < -0.4 is 10.6 Å². The lowest BCUT2D eigenvalue weighted by molar-refractivity contribution is 0.494. The van der Waals surface area contributed by atoms with E-state index in [1.807, 2.05) is 0 Å². The molecule has 2 unspecified atom stereocenters. The van der Waals surface area contributed by atoms with Gasteiger partial charge < -0.3 is 10.6 Å². The van der Waals surface area contributed by atoms with Crippen LogP contribution >= 0.6 is 0 Å². The molecule has 2 fully saturated rings. The average molecular weight is 231 g/mol. The van der Waals surface area contributed by atoms with E-state index in [0.29, 0.717) is 5.56 Å². The van der Waals surface area contributed by atoms with E-state index in [0.717, 1.165) is 30.7 Å². The number of nitrogens with two attached hydrogens (primary N) is 1. The number of nitrogen functional groups attached to an aromatic ring is 1. The Morgan fingerprint density at radius 2 is 2.06 bits per heavy atom. The zero-order valence-electron chi connectivity index (χ0n) is 9.76. The third-order valence-electron chi connectivity index (χ3n) is 4.02. The first-order valence-electron chi connectivity index (χ1n) is 6.16. The van der Waals surface area contributed by atoms with E-state index in [1.165, 1.54) is 19.3 Å². The Balaban J connectivity index is 1.88. The Kier molecular flexibility index (Phi) is 2.46. The summed E-state index contributed by atoms with van der Waals surface area (Å²) in [6.45, 7) is 2.09. The molecule has 0 bridgehead atoms. The van der Waals surface area contributed by atoms with Crippen molar-refractivity contribution >= 4 is 11.7 Å². The van der Waals surface area contributed by atoms with Crippen molar-refractivity contribution in [2.45, 2.75) is 19.3 Å². The van der Waals surface area contributed by atoms with Crippen molar-refractivity contribution in [3.8, 4) is 0 Å². The van der Waals surface area contributed by atoms with Crippen molar-refractivity contribution in [3.63, 3.8) is 0 Å². The molecule has 5 nitrogen and oxygen atoms in total. The molecule has 90 valence electrons. The number of aromatic nitrogens is 2. The second-order valence-corrected chi connectivity index (χ2v) is 5.04. The minimum Gasteiger partial charge on any atom is -0.384 e. The highest BCUT2D eigenvalue weighted by atomic mass is 15.3. The van der Waals surface area contributed by atoms with Crippen LogP contribution in [0.5, 0.6) is 0 Å². The van der Waals surface area contributed by atoms with Crippen LogP contribution in [0.1, 0.15) is 24.8 Å². The van der Waals surface area contributed by atoms with E-state index in [-0.39, 0.29) is 5.84 Å². The fourth-order valence-electron chi connectivity index (χ4n) is 3.18. The van der Waals surface area contributed by atoms with Gasteiger partial charge in [0.25, 0.3) is 0 Å². The predicted molar refractivity (Wildman–Crippen MR) is 66.1 cm³/mol. The SMILES string of the molecule is N=C(N)c1ccnnc1N1CC2CCCC2C1. The van der Waals surface area contributed by atoms with Gasteiger partial charge in [-0.3, -0.25) is 5.41 Å². The van der Waals surface area contributed by atoms with Crippen LogP contribution in [-0.2, 0) is 0 Å². The van der Waals surface area contributed by atoms with E-state index in [9.17, 15) is 0 Å². The molecule has 5 heteroatoms. The molecule has 1 saturated carbocycles. The first-order valence-corrected chi connectivity index (χ1v) is 6.16. The summed E-state index contributed by atoms with van der Waals surface area (Å²) in [6, 6.07) is 1.78. The molecule has 1 aliphatic carbocycles. The van der Waals surface area contributed by atoms with Gasteiger partial charge in [0.15, 0.2) is 5.82 Å². The van der Waals surface area contributed by atoms with Crippen LogP contribution in [0, 0.1) is 17.2 Å². The van der Waals surface area contributed by atoms with Gasteiger partial charge in [0.2, 0.25) is 0 Å².